The van der Waals surface area contributed by atoms with Gasteiger partial charge in [0.15, 0.2) is 0 Å². The van der Waals surface area contributed by atoms with Crippen molar-refractivity contribution in [3.63, 3.8) is 0 Å². The highest BCUT2D eigenvalue weighted by Gasteiger charge is 2.12. The molecular formula is C10H11NO. The second kappa shape index (κ2) is 2.55. The number of aliphatic hydroxyl groups is 1. The summed E-state index contributed by atoms with van der Waals surface area (Å²) in [6.07, 6.45) is 1.81. The van der Waals surface area contributed by atoms with Gasteiger partial charge in [0.05, 0.1) is 6.54 Å². The molecule has 1 aromatic rings. The van der Waals surface area contributed by atoms with Crippen LogP contribution in [0.3, 0.4) is 0 Å². The molecule has 0 unspecified atom stereocenters. The van der Waals surface area contributed by atoms with Gasteiger partial charge in [-0.15, -0.1) is 0 Å². The fourth-order valence-electron chi connectivity index (χ4n) is 1.51. The van der Waals surface area contributed by atoms with Crippen LogP contribution in [-0.4, -0.2) is 18.7 Å². The highest BCUT2D eigenvalue weighted by Crippen LogP contribution is 2.25. The Hall–Kier alpha value is -1.44. The van der Waals surface area contributed by atoms with Crippen LogP contribution in [0.25, 0.3) is 6.08 Å². The number of nitrogens with zero attached hydrogens (tertiary/aromatic N) is 1. The molecule has 1 N–H and O–H groups in total. The van der Waals surface area contributed by atoms with E-state index in [0.717, 1.165) is 5.56 Å². The van der Waals surface area contributed by atoms with Crippen molar-refractivity contribution >= 4 is 11.8 Å². The van der Waals surface area contributed by atoms with Crippen LogP contribution in [0, 0.1) is 0 Å². The van der Waals surface area contributed by atoms with Gasteiger partial charge in [0.2, 0.25) is 0 Å². The molecule has 1 aliphatic rings. The number of aliphatic hydroxyl groups excluding tert-OH is 1. The van der Waals surface area contributed by atoms with Crippen LogP contribution in [0.15, 0.2) is 30.0 Å². The fourth-order valence-corrected chi connectivity index (χ4v) is 1.51. The smallest absolute Gasteiger partial charge is 0.112 e. The normalized spacial score (nSPS) is 15.4. The number of likely N-dealkylation sites (N-methyl/N-ethyl adjacent to an activating group) is 1. The van der Waals surface area contributed by atoms with Crippen LogP contribution in [0.1, 0.15) is 5.56 Å². The van der Waals surface area contributed by atoms with Gasteiger partial charge in [-0.1, -0.05) is 18.2 Å². The first-order valence-corrected chi connectivity index (χ1v) is 3.97. The predicted molar refractivity (Wildman–Crippen MR) is 50.3 cm³/mol. The SMILES string of the molecule is CN1CC(O)=Cc2ccccc21. The first kappa shape index (κ1) is 7.22. The zero-order valence-corrected chi connectivity index (χ0v) is 6.99. The third-order valence-electron chi connectivity index (χ3n) is 2.07. The first-order valence-electron chi connectivity index (χ1n) is 3.97. The molecule has 12 heavy (non-hydrogen) atoms. The Balaban J connectivity index is 2.55. The molecule has 0 fully saturated rings. The molecule has 2 nitrogen and oxygen atoms in total. The van der Waals surface area contributed by atoms with Crippen LogP contribution in [0.4, 0.5) is 5.69 Å². The maximum atomic E-state index is 9.35. The van der Waals surface area contributed by atoms with Crippen molar-refractivity contribution < 1.29 is 5.11 Å². The highest BCUT2D eigenvalue weighted by molar-refractivity contribution is 5.71. The monoisotopic (exact) mass is 161 g/mol. The molecule has 62 valence electrons. The number of benzene rings is 1. The molecule has 0 spiro atoms. The zero-order chi connectivity index (χ0) is 8.55. The van der Waals surface area contributed by atoms with E-state index in [0.29, 0.717) is 12.3 Å². The second-order valence-electron chi connectivity index (χ2n) is 3.05. The maximum absolute atomic E-state index is 9.35. The summed E-state index contributed by atoms with van der Waals surface area (Å²) in [5.41, 5.74) is 2.26. The van der Waals surface area contributed by atoms with Crippen molar-refractivity contribution in [2.24, 2.45) is 0 Å². The van der Waals surface area contributed by atoms with Gasteiger partial charge in [-0.3, -0.25) is 0 Å². The van der Waals surface area contributed by atoms with Crippen molar-refractivity contribution in [3.05, 3.63) is 35.6 Å². The Morgan fingerprint density at radius 3 is 2.92 bits per heavy atom. The summed E-state index contributed by atoms with van der Waals surface area (Å²) in [6.45, 7) is 0.608. The van der Waals surface area contributed by atoms with Gasteiger partial charge >= 0.3 is 0 Å². The molecule has 1 aromatic carbocycles. The Kier molecular flexibility index (Phi) is 1.54. The summed E-state index contributed by atoms with van der Waals surface area (Å²) in [7, 11) is 1.97. The maximum Gasteiger partial charge on any atom is 0.112 e. The summed E-state index contributed by atoms with van der Waals surface area (Å²) in [5.74, 6) is 0.427. The molecule has 1 aliphatic heterocycles. The van der Waals surface area contributed by atoms with E-state index in [1.54, 1.807) is 0 Å². The summed E-state index contributed by atoms with van der Waals surface area (Å²) in [5, 5.41) is 9.35. The Bertz CT molecular complexity index is 330. The Labute approximate surface area is 71.7 Å². The quantitative estimate of drug-likeness (QED) is 0.629. The lowest BCUT2D eigenvalue weighted by atomic mass is 10.1. The summed E-state index contributed by atoms with van der Waals surface area (Å²) < 4.78 is 0. The number of para-hydroxylation sites is 1. The van der Waals surface area contributed by atoms with Crippen LogP contribution in [0.2, 0.25) is 0 Å². The molecule has 0 saturated heterocycles. The summed E-state index contributed by atoms with van der Waals surface area (Å²) >= 11 is 0. The average molecular weight is 161 g/mol. The minimum Gasteiger partial charge on any atom is -0.510 e. The first-order chi connectivity index (χ1) is 5.77. The van der Waals surface area contributed by atoms with Crippen LogP contribution < -0.4 is 4.90 Å². The molecule has 0 saturated carbocycles. The molecule has 0 atom stereocenters. The Morgan fingerprint density at radius 1 is 1.33 bits per heavy atom. The van der Waals surface area contributed by atoms with Crippen molar-refractivity contribution in [2.75, 3.05) is 18.5 Å². The molecule has 2 heteroatoms. The van der Waals surface area contributed by atoms with Crippen molar-refractivity contribution in [1.29, 1.82) is 0 Å². The molecule has 1 heterocycles. The van der Waals surface area contributed by atoms with Crippen molar-refractivity contribution in [3.8, 4) is 0 Å². The summed E-state index contributed by atoms with van der Waals surface area (Å²) in [6, 6.07) is 8.03. The third kappa shape index (κ3) is 1.05. The van der Waals surface area contributed by atoms with Crippen LogP contribution in [0.5, 0.6) is 0 Å². The molecule has 0 bridgehead atoms. The lowest BCUT2D eigenvalue weighted by Crippen LogP contribution is -2.23. The number of hydrogen-bond donors (Lipinski definition) is 1. The van der Waals surface area contributed by atoms with Gasteiger partial charge in [-0.05, 0) is 12.1 Å². The Morgan fingerprint density at radius 2 is 2.08 bits per heavy atom. The van der Waals surface area contributed by atoms with Gasteiger partial charge in [-0.2, -0.15) is 0 Å². The highest BCUT2D eigenvalue weighted by atomic mass is 16.3. The summed E-state index contributed by atoms with van der Waals surface area (Å²) in [4.78, 5) is 2.03. The predicted octanol–water partition coefficient (Wildman–Crippen LogP) is 2.04. The van der Waals surface area contributed by atoms with Crippen molar-refractivity contribution in [1.82, 2.24) is 0 Å². The standard InChI is InChI=1S/C10H11NO/c1-11-7-9(12)6-8-4-2-3-5-10(8)11/h2-6,12H,7H2,1H3. The van der Waals surface area contributed by atoms with Crippen molar-refractivity contribution in [2.45, 2.75) is 0 Å². The zero-order valence-electron chi connectivity index (χ0n) is 6.99. The average Bonchev–Trinajstić information content (AvgIpc) is 2.04. The molecular weight excluding hydrogens is 150 g/mol. The van der Waals surface area contributed by atoms with E-state index in [9.17, 15) is 5.11 Å². The largest absolute Gasteiger partial charge is 0.510 e. The minimum absolute atomic E-state index is 0.427. The van der Waals surface area contributed by atoms with Gasteiger partial charge in [0.1, 0.15) is 5.76 Å². The van der Waals surface area contributed by atoms with Gasteiger partial charge in [0, 0.05) is 18.3 Å². The van der Waals surface area contributed by atoms with Gasteiger partial charge in [0.25, 0.3) is 0 Å². The van der Waals surface area contributed by atoms with E-state index < -0.39 is 0 Å². The molecule has 0 radical (unpaired) electrons. The number of hydrogen-bond acceptors (Lipinski definition) is 2. The lowest BCUT2D eigenvalue weighted by molar-refractivity contribution is 0.405. The van der Waals surface area contributed by atoms with Gasteiger partial charge < -0.3 is 10.0 Å². The van der Waals surface area contributed by atoms with Crippen LogP contribution in [-0.2, 0) is 0 Å². The molecule has 0 amide bonds. The van der Waals surface area contributed by atoms with Gasteiger partial charge in [-0.25, -0.2) is 0 Å². The topological polar surface area (TPSA) is 23.5 Å². The minimum atomic E-state index is 0.427. The van der Waals surface area contributed by atoms with E-state index in [4.69, 9.17) is 0 Å². The van der Waals surface area contributed by atoms with E-state index in [1.165, 1.54) is 5.69 Å². The van der Waals surface area contributed by atoms with E-state index in [-0.39, 0.29) is 0 Å². The molecule has 0 aromatic heterocycles. The fraction of sp³-hybridized carbons (Fsp3) is 0.200. The second-order valence-corrected chi connectivity index (χ2v) is 3.05. The van der Waals surface area contributed by atoms with E-state index in [1.807, 2.05) is 36.2 Å². The number of rotatable bonds is 0. The molecule has 0 aliphatic carbocycles. The number of anilines is 1. The van der Waals surface area contributed by atoms with E-state index >= 15 is 0 Å². The number of fused-ring (bicyclic) bond motifs is 1. The van der Waals surface area contributed by atoms with E-state index in [2.05, 4.69) is 6.07 Å². The third-order valence-corrected chi connectivity index (χ3v) is 2.07. The van der Waals surface area contributed by atoms with Crippen LogP contribution >= 0.6 is 0 Å². The molecule has 2 rings (SSSR count). The lowest BCUT2D eigenvalue weighted by Gasteiger charge is -2.24.